The normalized spacial score (nSPS) is 14.7. The zero-order chi connectivity index (χ0) is 15.6. The summed E-state index contributed by atoms with van der Waals surface area (Å²) in [4.78, 5) is 9.73. The van der Waals surface area contributed by atoms with Crippen LogP contribution in [0.5, 0.6) is 0 Å². The molecule has 0 aliphatic heterocycles. The first-order valence-electron chi connectivity index (χ1n) is 7.27. The molecular formula is C15H16F3N3S. The lowest BCUT2D eigenvalue weighted by Crippen LogP contribution is -2.14. The minimum atomic E-state index is -4.39. The molecule has 0 fully saturated rings. The van der Waals surface area contributed by atoms with E-state index >= 15 is 0 Å². The molecule has 7 heteroatoms. The van der Waals surface area contributed by atoms with E-state index in [1.165, 1.54) is 35.7 Å². The Morgan fingerprint density at radius 1 is 1.23 bits per heavy atom. The van der Waals surface area contributed by atoms with Gasteiger partial charge in [0.05, 0.1) is 16.3 Å². The molecule has 0 unspecified atom stereocenters. The molecule has 2 heterocycles. The van der Waals surface area contributed by atoms with Gasteiger partial charge in [-0.2, -0.15) is 13.2 Å². The lowest BCUT2D eigenvalue weighted by molar-refractivity contribution is -0.137. The van der Waals surface area contributed by atoms with Crippen LogP contribution in [0, 0.1) is 0 Å². The maximum absolute atomic E-state index is 12.9. The maximum atomic E-state index is 12.9. The second-order valence-electron chi connectivity index (χ2n) is 5.26. The summed E-state index contributed by atoms with van der Waals surface area (Å²) in [5.74, 6) is -0.115. The van der Waals surface area contributed by atoms with Crippen molar-refractivity contribution in [3.05, 3.63) is 39.5 Å². The first-order chi connectivity index (χ1) is 10.5. The molecule has 1 aliphatic rings. The van der Waals surface area contributed by atoms with Gasteiger partial charge in [-0.05, 0) is 37.8 Å². The van der Waals surface area contributed by atoms with E-state index in [-0.39, 0.29) is 5.82 Å². The summed E-state index contributed by atoms with van der Waals surface area (Å²) >= 11 is 1.69. The van der Waals surface area contributed by atoms with Crippen LogP contribution >= 0.6 is 11.3 Å². The number of hydrogen-bond donors (Lipinski definition) is 1. The number of anilines is 1. The van der Waals surface area contributed by atoms with E-state index in [9.17, 15) is 13.2 Å². The molecule has 1 N–H and O–H groups in total. The average Bonchev–Trinajstić information content (AvgIpc) is 2.89. The number of nitrogens with one attached hydrogen (secondary N) is 1. The summed E-state index contributed by atoms with van der Waals surface area (Å²) in [7, 11) is 0. The fraction of sp³-hybridized carbons (Fsp3) is 0.467. The van der Waals surface area contributed by atoms with Gasteiger partial charge in [-0.1, -0.05) is 0 Å². The second kappa shape index (κ2) is 6.24. The number of aromatic nitrogens is 2. The predicted octanol–water partition coefficient (Wildman–Crippen LogP) is 4.09. The van der Waals surface area contributed by atoms with E-state index < -0.39 is 11.7 Å². The lowest BCUT2D eigenvalue weighted by atomic mass is 10.0. The molecule has 0 saturated carbocycles. The van der Waals surface area contributed by atoms with Gasteiger partial charge in [-0.3, -0.25) is 0 Å². The Morgan fingerprint density at radius 3 is 2.82 bits per heavy atom. The fourth-order valence-corrected chi connectivity index (χ4v) is 3.73. The molecule has 3 rings (SSSR count). The van der Waals surface area contributed by atoms with Crippen LogP contribution in [-0.4, -0.2) is 16.5 Å². The number of rotatable bonds is 4. The Morgan fingerprint density at radius 2 is 2.05 bits per heavy atom. The number of fused-ring (bicyclic) bond motifs is 1. The van der Waals surface area contributed by atoms with Crippen molar-refractivity contribution in [1.82, 2.24) is 9.97 Å². The minimum absolute atomic E-state index is 0.115. The van der Waals surface area contributed by atoms with E-state index in [4.69, 9.17) is 0 Å². The summed E-state index contributed by atoms with van der Waals surface area (Å²) in [6.45, 7) is 0.395. The number of thiazole rings is 1. The Bertz CT molecular complexity index is 628. The van der Waals surface area contributed by atoms with Gasteiger partial charge in [-0.25, -0.2) is 9.97 Å². The van der Waals surface area contributed by atoms with Crippen LogP contribution in [-0.2, 0) is 25.4 Å². The highest BCUT2D eigenvalue weighted by Gasteiger charge is 2.33. The van der Waals surface area contributed by atoms with Crippen molar-refractivity contribution >= 4 is 17.2 Å². The number of hydrogen-bond acceptors (Lipinski definition) is 4. The van der Waals surface area contributed by atoms with Gasteiger partial charge in [0, 0.05) is 24.0 Å². The molecule has 0 amide bonds. The Kier molecular flexibility index (Phi) is 4.33. The van der Waals surface area contributed by atoms with Gasteiger partial charge < -0.3 is 5.32 Å². The molecule has 0 saturated heterocycles. The van der Waals surface area contributed by atoms with Crippen molar-refractivity contribution in [2.75, 3.05) is 11.9 Å². The van der Waals surface area contributed by atoms with Crippen molar-refractivity contribution in [3.63, 3.8) is 0 Å². The molecule has 118 valence electrons. The molecule has 0 aromatic carbocycles. The quantitative estimate of drug-likeness (QED) is 0.919. The van der Waals surface area contributed by atoms with Gasteiger partial charge in [0.15, 0.2) is 0 Å². The Labute approximate surface area is 130 Å². The molecule has 3 nitrogen and oxygen atoms in total. The third-order valence-electron chi connectivity index (χ3n) is 3.63. The van der Waals surface area contributed by atoms with E-state index in [2.05, 4.69) is 15.3 Å². The summed E-state index contributed by atoms with van der Waals surface area (Å²) in [5, 5.41) is 3.77. The highest BCUT2D eigenvalue weighted by atomic mass is 32.1. The molecule has 2 aromatic heterocycles. The number of alkyl halides is 3. The molecule has 0 atom stereocenters. The van der Waals surface area contributed by atoms with Crippen molar-refractivity contribution in [1.29, 1.82) is 0 Å². The topological polar surface area (TPSA) is 37.8 Å². The number of pyridine rings is 1. The van der Waals surface area contributed by atoms with Gasteiger partial charge in [0.1, 0.15) is 5.82 Å². The molecular weight excluding hydrogens is 311 g/mol. The standard InChI is InChI=1S/C15H16F3N3S/c16-15(17,18)10-4-3-8-19-14(10)20-9-7-13-21-11-5-1-2-6-12(11)22-13/h3-4,8H,1-2,5-7,9H2,(H,19,20). The van der Waals surface area contributed by atoms with Crippen LogP contribution in [0.4, 0.5) is 19.0 Å². The van der Waals surface area contributed by atoms with Crippen molar-refractivity contribution < 1.29 is 13.2 Å². The molecule has 0 bridgehead atoms. The Balaban J connectivity index is 1.63. The van der Waals surface area contributed by atoms with Crippen LogP contribution in [0.1, 0.15) is 34.0 Å². The van der Waals surface area contributed by atoms with Gasteiger partial charge in [0.2, 0.25) is 0 Å². The van der Waals surface area contributed by atoms with Crippen molar-refractivity contribution in [2.45, 2.75) is 38.3 Å². The first-order valence-corrected chi connectivity index (χ1v) is 8.09. The third kappa shape index (κ3) is 3.40. The van der Waals surface area contributed by atoms with Crippen LogP contribution in [0.25, 0.3) is 0 Å². The molecule has 1 aliphatic carbocycles. The van der Waals surface area contributed by atoms with Crippen LogP contribution in [0.3, 0.4) is 0 Å². The summed E-state index contributed by atoms with van der Waals surface area (Å²) < 4.78 is 38.6. The maximum Gasteiger partial charge on any atom is 0.419 e. The van der Waals surface area contributed by atoms with Gasteiger partial charge in [0.25, 0.3) is 0 Å². The lowest BCUT2D eigenvalue weighted by Gasteiger charge is -2.12. The summed E-state index contributed by atoms with van der Waals surface area (Å²) in [6.07, 6.45) is 2.08. The van der Waals surface area contributed by atoms with E-state index in [1.807, 2.05) is 0 Å². The van der Waals surface area contributed by atoms with Crippen LogP contribution in [0.2, 0.25) is 0 Å². The zero-order valence-corrected chi connectivity index (χ0v) is 12.7. The van der Waals surface area contributed by atoms with Crippen molar-refractivity contribution in [3.8, 4) is 0 Å². The summed E-state index contributed by atoms with van der Waals surface area (Å²) in [5.41, 5.74) is 0.452. The van der Waals surface area contributed by atoms with Crippen LogP contribution in [0.15, 0.2) is 18.3 Å². The second-order valence-corrected chi connectivity index (χ2v) is 6.43. The van der Waals surface area contributed by atoms with E-state index in [1.54, 1.807) is 11.3 Å². The number of nitrogens with zero attached hydrogens (tertiary/aromatic N) is 2. The Hall–Kier alpha value is -1.63. The molecule has 0 radical (unpaired) electrons. The van der Waals surface area contributed by atoms with Crippen LogP contribution < -0.4 is 5.32 Å². The molecule has 0 spiro atoms. The highest BCUT2D eigenvalue weighted by Crippen LogP contribution is 2.33. The van der Waals surface area contributed by atoms with Crippen molar-refractivity contribution in [2.24, 2.45) is 0 Å². The fourth-order valence-electron chi connectivity index (χ4n) is 2.58. The van der Waals surface area contributed by atoms with E-state index in [0.717, 1.165) is 23.9 Å². The predicted molar refractivity (Wildman–Crippen MR) is 80.2 cm³/mol. The average molecular weight is 327 g/mol. The zero-order valence-electron chi connectivity index (χ0n) is 11.9. The smallest absolute Gasteiger partial charge is 0.369 e. The van der Waals surface area contributed by atoms with Gasteiger partial charge in [-0.15, -0.1) is 11.3 Å². The number of aryl methyl sites for hydroxylation is 2. The highest BCUT2D eigenvalue weighted by molar-refractivity contribution is 7.11. The first kappa shape index (κ1) is 15.3. The number of halogens is 3. The molecule has 2 aromatic rings. The third-order valence-corrected chi connectivity index (χ3v) is 4.85. The molecule has 22 heavy (non-hydrogen) atoms. The summed E-state index contributed by atoms with van der Waals surface area (Å²) in [6, 6.07) is 2.33. The SMILES string of the molecule is FC(F)(F)c1cccnc1NCCc1nc2c(s1)CCCC2. The van der Waals surface area contributed by atoms with E-state index in [0.29, 0.717) is 13.0 Å². The monoisotopic (exact) mass is 327 g/mol. The minimum Gasteiger partial charge on any atom is -0.369 e. The largest absolute Gasteiger partial charge is 0.419 e. The van der Waals surface area contributed by atoms with Gasteiger partial charge >= 0.3 is 6.18 Å².